The highest BCUT2D eigenvalue weighted by molar-refractivity contribution is 8.00. The minimum atomic E-state index is -0.603. The molecule has 10 heteroatoms. The molecule has 1 aromatic heterocycles. The summed E-state index contributed by atoms with van der Waals surface area (Å²) in [7, 11) is 1.79. The molecule has 1 atom stereocenters. The van der Waals surface area contributed by atoms with Crippen molar-refractivity contribution in [3.8, 4) is 0 Å². The van der Waals surface area contributed by atoms with E-state index in [0.717, 1.165) is 34.4 Å². The Morgan fingerprint density at radius 2 is 1.89 bits per heavy atom. The summed E-state index contributed by atoms with van der Waals surface area (Å²) in [6, 6.07) is 10.4. The van der Waals surface area contributed by atoms with Crippen molar-refractivity contribution in [1.82, 2.24) is 9.88 Å². The number of aryl methyl sites for hydroxylation is 2. The van der Waals surface area contributed by atoms with Gasteiger partial charge in [-0.3, -0.25) is 9.59 Å². The van der Waals surface area contributed by atoms with Crippen molar-refractivity contribution in [3.63, 3.8) is 0 Å². The fourth-order valence-corrected chi connectivity index (χ4v) is 5.30. The van der Waals surface area contributed by atoms with Crippen molar-refractivity contribution in [3.05, 3.63) is 63.3 Å². The van der Waals surface area contributed by atoms with Crippen molar-refractivity contribution < 1.29 is 24.2 Å². The van der Waals surface area contributed by atoms with E-state index in [-0.39, 0.29) is 30.3 Å². The van der Waals surface area contributed by atoms with E-state index in [9.17, 15) is 14.7 Å². The average Bonchev–Trinajstić information content (AvgIpc) is 3.21. The number of amides is 1. The molecular formula is C26H28Cl2N2O5S. The van der Waals surface area contributed by atoms with Crippen molar-refractivity contribution in [2.24, 2.45) is 7.05 Å². The van der Waals surface area contributed by atoms with Gasteiger partial charge in [0.1, 0.15) is 11.8 Å². The summed E-state index contributed by atoms with van der Waals surface area (Å²) in [5.41, 5.74) is 2.77. The Balaban J connectivity index is 1.39. The van der Waals surface area contributed by atoms with Gasteiger partial charge in [0.15, 0.2) is 0 Å². The smallest absolute Gasteiger partial charge is 0.316 e. The van der Waals surface area contributed by atoms with Crippen LogP contribution in [0, 0.1) is 6.92 Å². The molecule has 3 aromatic rings. The Bertz CT molecular complexity index is 1260. The minimum Gasteiger partial charge on any atom is -0.462 e. The maximum atomic E-state index is 13.1. The fourth-order valence-electron chi connectivity index (χ4n) is 4.16. The molecule has 1 amide bonds. The first-order valence-electron chi connectivity index (χ1n) is 11.6. The van der Waals surface area contributed by atoms with E-state index in [1.807, 2.05) is 37.3 Å². The molecule has 0 bridgehead atoms. The lowest BCUT2D eigenvalue weighted by Crippen LogP contribution is -2.31. The van der Waals surface area contributed by atoms with Crippen LogP contribution in [0.3, 0.4) is 0 Å². The van der Waals surface area contributed by atoms with E-state index in [0.29, 0.717) is 34.3 Å². The standard InChI is InChI=1S/C26H28Cl2N2O5S/c1-15-11-21-19(25(28)24(15)27)12-22(30(21)2)26(33)29-20(13-31)16-3-5-18(6-4-16)36-14-23(32)35-17-7-9-34-10-8-17/h3-6,11-12,17,20,31H,7-10,13-14H2,1-2H3,(H,29,33)/t20-/m1/s1. The second-order valence-electron chi connectivity index (χ2n) is 8.71. The van der Waals surface area contributed by atoms with Gasteiger partial charge in [0, 0.05) is 30.2 Å². The first-order chi connectivity index (χ1) is 17.3. The number of carbonyl (C=O) groups is 2. The molecular weight excluding hydrogens is 523 g/mol. The first-order valence-corrected chi connectivity index (χ1v) is 13.4. The molecule has 0 aliphatic carbocycles. The molecule has 0 radical (unpaired) electrons. The van der Waals surface area contributed by atoms with Crippen LogP contribution in [0.1, 0.15) is 40.5 Å². The number of ether oxygens (including phenoxy) is 2. The van der Waals surface area contributed by atoms with E-state index in [2.05, 4.69) is 5.32 Å². The third kappa shape index (κ3) is 6.01. The number of nitrogens with one attached hydrogen (secondary N) is 1. The van der Waals surface area contributed by atoms with E-state index in [1.54, 1.807) is 17.7 Å². The van der Waals surface area contributed by atoms with Crippen LogP contribution >= 0.6 is 35.0 Å². The van der Waals surface area contributed by atoms with Gasteiger partial charge in [0.2, 0.25) is 0 Å². The number of rotatable bonds is 8. The van der Waals surface area contributed by atoms with Crippen LogP contribution in [0.15, 0.2) is 41.3 Å². The molecule has 0 saturated carbocycles. The van der Waals surface area contributed by atoms with Crippen molar-refractivity contribution in [2.45, 2.75) is 36.8 Å². The number of fused-ring (bicyclic) bond motifs is 1. The molecule has 1 fully saturated rings. The van der Waals surface area contributed by atoms with Gasteiger partial charge in [-0.25, -0.2) is 0 Å². The molecule has 2 N–H and O–H groups in total. The Morgan fingerprint density at radius 3 is 2.56 bits per heavy atom. The summed E-state index contributed by atoms with van der Waals surface area (Å²) in [5.74, 6) is -0.376. The summed E-state index contributed by atoms with van der Waals surface area (Å²) in [5, 5.41) is 14.4. The van der Waals surface area contributed by atoms with Crippen LogP contribution in [0.25, 0.3) is 10.9 Å². The number of aliphatic hydroxyl groups excluding tert-OH is 1. The molecule has 2 aromatic carbocycles. The van der Waals surface area contributed by atoms with Gasteiger partial charge < -0.3 is 24.5 Å². The lowest BCUT2D eigenvalue weighted by atomic mass is 10.1. The number of esters is 1. The maximum Gasteiger partial charge on any atom is 0.316 e. The molecule has 36 heavy (non-hydrogen) atoms. The highest BCUT2D eigenvalue weighted by Crippen LogP contribution is 2.35. The summed E-state index contributed by atoms with van der Waals surface area (Å²) in [6.07, 6.45) is 1.40. The van der Waals surface area contributed by atoms with Crippen LogP contribution < -0.4 is 5.32 Å². The Hall–Kier alpha value is -2.23. The van der Waals surface area contributed by atoms with Gasteiger partial charge in [0.05, 0.1) is 47.2 Å². The molecule has 2 heterocycles. The monoisotopic (exact) mass is 550 g/mol. The largest absolute Gasteiger partial charge is 0.462 e. The van der Waals surface area contributed by atoms with Gasteiger partial charge >= 0.3 is 5.97 Å². The zero-order valence-corrected chi connectivity index (χ0v) is 22.4. The zero-order valence-electron chi connectivity index (χ0n) is 20.1. The van der Waals surface area contributed by atoms with Crippen molar-refractivity contribution in [1.29, 1.82) is 0 Å². The van der Waals surface area contributed by atoms with E-state index >= 15 is 0 Å². The SMILES string of the molecule is Cc1cc2c(cc(C(=O)N[C@H](CO)c3ccc(SCC(=O)OC4CCOCC4)cc3)n2C)c(Cl)c1Cl. The predicted molar refractivity (Wildman–Crippen MR) is 142 cm³/mol. The summed E-state index contributed by atoms with van der Waals surface area (Å²) in [6.45, 7) is 2.83. The Labute approximate surface area is 224 Å². The lowest BCUT2D eigenvalue weighted by molar-refractivity contribution is -0.149. The number of hydrogen-bond donors (Lipinski definition) is 2. The highest BCUT2D eigenvalue weighted by atomic mass is 35.5. The van der Waals surface area contributed by atoms with Gasteiger partial charge in [-0.05, 0) is 42.3 Å². The maximum absolute atomic E-state index is 13.1. The number of hydrogen-bond acceptors (Lipinski definition) is 6. The highest BCUT2D eigenvalue weighted by Gasteiger charge is 2.21. The molecule has 1 aliphatic heterocycles. The lowest BCUT2D eigenvalue weighted by Gasteiger charge is -2.22. The molecule has 0 unspecified atom stereocenters. The predicted octanol–water partition coefficient (Wildman–Crippen LogP) is 5.07. The number of halogens is 2. The first kappa shape index (κ1) is 26.8. The quantitative estimate of drug-likeness (QED) is 0.300. The van der Waals surface area contributed by atoms with Crippen molar-refractivity contribution in [2.75, 3.05) is 25.6 Å². The average molecular weight is 551 g/mol. The molecule has 192 valence electrons. The number of carbonyl (C=O) groups excluding carboxylic acids is 2. The molecule has 7 nitrogen and oxygen atoms in total. The Kier molecular flexibility index (Phi) is 8.85. The second-order valence-corrected chi connectivity index (χ2v) is 10.5. The van der Waals surface area contributed by atoms with Gasteiger partial charge in [-0.1, -0.05) is 35.3 Å². The summed E-state index contributed by atoms with van der Waals surface area (Å²) >= 11 is 14.1. The fraction of sp³-hybridized carbons (Fsp3) is 0.385. The molecule has 0 spiro atoms. The van der Waals surface area contributed by atoms with Crippen LogP contribution in [0.4, 0.5) is 0 Å². The summed E-state index contributed by atoms with van der Waals surface area (Å²) in [4.78, 5) is 26.1. The van der Waals surface area contributed by atoms with Crippen molar-refractivity contribution >= 4 is 57.7 Å². The number of nitrogens with zero attached hydrogens (tertiary/aromatic N) is 1. The van der Waals surface area contributed by atoms with E-state index in [1.165, 1.54) is 11.8 Å². The number of aliphatic hydroxyl groups is 1. The van der Waals surface area contributed by atoms with E-state index < -0.39 is 6.04 Å². The molecule has 1 aliphatic rings. The number of aromatic nitrogens is 1. The minimum absolute atomic E-state index is 0.0676. The third-order valence-corrected chi connectivity index (χ3v) is 8.20. The van der Waals surface area contributed by atoms with Gasteiger partial charge in [-0.2, -0.15) is 0 Å². The van der Waals surface area contributed by atoms with E-state index in [4.69, 9.17) is 32.7 Å². The van der Waals surface area contributed by atoms with Crippen LogP contribution in [0.5, 0.6) is 0 Å². The molecule has 1 saturated heterocycles. The summed E-state index contributed by atoms with van der Waals surface area (Å²) < 4.78 is 12.5. The zero-order chi connectivity index (χ0) is 25.8. The molecule has 4 rings (SSSR count). The third-order valence-electron chi connectivity index (χ3n) is 6.23. The topological polar surface area (TPSA) is 89.8 Å². The van der Waals surface area contributed by atoms with Crippen LogP contribution in [0.2, 0.25) is 10.0 Å². The van der Waals surface area contributed by atoms with Crippen LogP contribution in [-0.2, 0) is 21.3 Å². The second kappa shape index (κ2) is 11.9. The van der Waals surface area contributed by atoms with Gasteiger partial charge in [0.25, 0.3) is 5.91 Å². The van der Waals surface area contributed by atoms with Crippen LogP contribution in [-0.4, -0.2) is 53.2 Å². The number of thioether (sulfide) groups is 1. The number of benzene rings is 2. The van der Waals surface area contributed by atoms with Gasteiger partial charge in [-0.15, -0.1) is 11.8 Å². The normalized spacial score (nSPS) is 15.1. The Morgan fingerprint density at radius 1 is 1.19 bits per heavy atom.